The van der Waals surface area contributed by atoms with Crippen LogP contribution in [0.25, 0.3) is 0 Å². The van der Waals surface area contributed by atoms with Gasteiger partial charge in [0.25, 0.3) is 0 Å². The maximum absolute atomic E-state index is 3.56. The van der Waals surface area contributed by atoms with E-state index in [1.165, 1.54) is 19.8 Å². The molecule has 1 nitrogen and oxygen atoms in total. The molecule has 0 aliphatic heterocycles. The first-order valence-corrected chi connectivity index (χ1v) is 7.93. The molecular weight excluding hydrogens is 306 g/mol. The van der Waals surface area contributed by atoms with Gasteiger partial charge >= 0.3 is 0 Å². The lowest BCUT2D eigenvalue weighted by Gasteiger charge is -2.17. The van der Waals surface area contributed by atoms with E-state index in [2.05, 4.69) is 71.5 Å². The molecule has 1 heterocycles. The Labute approximate surface area is 121 Å². The summed E-state index contributed by atoms with van der Waals surface area (Å²) in [5.41, 5.74) is 2.73. The molecule has 1 aromatic heterocycles. The first-order valence-electron chi connectivity index (χ1n) is 6.32. The van der Waals surface area contributed by atoms with E-state index in [1.807, 2.05) is 0 Å². The Morgan fingerprint density at radius 1 is 1.11 bits per heavy atom. The third-order valence-electron chi connectivity index (χ3n) is 3.01. The summed E-state index contributed by atoms with van der Waals surface area (Å²) in [5.74, 6) is 0. The van der Waals surface area contributed by atoms with Gasteiger partial charge in [-0.05, 0) is 52.2 Å². The Bertz CT molecular complexity index is 489. The Kier molecular flexibility index (Phi) is 4.98. The highest BCUT2D eigenvalue weighted by molar-refractivity contribution is 9.11. The van der Waals surface area contributed by atoms with Crippen LogP contribution in [0.1, 0.15) is 35.9 Å². The molecule has 2 aromatic rings. The van der Waals surface area contributed by atoms with E-state index >= 15 is 0 Å². The fourth-order valence-electron chi connectivity index (χ4n) is 2.02. The number of hydrogen-bond donors (Lipinski definition) is 1. The number of aryl methyl sites for hydroxylation is 1. The summed E-state index contributed by atoms with van der Waals surface area (Å²) in [5, 5.41) is 3.56. The molecular formula is C15H18BrNS. The largest absolute Gasteiger partial charge is 0.306 e. The van der Waals surface area contributed by atoms with Gasteiger partial charge < -0.3 is 5.32 Å². The van der Waals surface area contributed by atoms with Crippen molar-refractivity contribution in [1.82, 2.24) is 5.32 Å². The van der Waals surface area contributed by atoms with Gasteiger partial charge in [-0.25, -0.2) is 0 Å². The highest BCUT2D eigenvalue weighted by atomic mass is 79.9. The van der Waals surface area contributed by atoms with Crippen molar-refractivity contribution in [2.75, 3.05) is 6.54 Å². The number of rotatable bonds is 5. The van der Waals surface area contributed by atoms with Crippen LogP contribution in [0.4, 0.5) is 0 Å². The lowest BCUT2D eigenvalue weighted by atomic mass is 10.0. The molecule has 1 N–H and O–H groups in total. The van der Waals surface area contributed by atoms with Gasteiger partial charge in [-0.15, -0.1) is 11.3 Å². The van der Waals surface area contributed by atoms with Crippen LogP contribution >= 0.6 is 27.3 Å². The van der Waals surface area contributed by atoms with Gasteiger partial charge in [-0.2, -0.15) is 0 Å². The molecule has 0 aliphatic rings. The molecule has 0 radical (unpaired) electrons. The first kappa shape index (κ1) is 13.8. The van der Waals surface area contributed by atoms with Crippen LogP contribution in [-0.2, 0) is 6.42 Å². The van der Waals surface area contributed by atoms with E-state index in [0.29, 0.717) is 6.04 Å². The summed E-state index contributed by atoms with van der Waals surface area (Å²) in [6.07, 6.45) is 1.09. The molecule has 0 bridgehead atoms. The molecule has 96 valence electrons. The van der Waals surface area contributed by atoms with E-state index in [9.17, 15) is 0 Å². The van der Waals surface area contributed by atoms with E-state index in [1.54, 1.807) is 11.3 Å². The van der Waals surface area contributed by atoms with Crippen LogP contribution in [0, 0.1) is 0 Å². The van der Waals surface area contributed by atoms with Crippen molar-refractivity contribution in [2.24, 2.45) is 0 Å². The number of nitrogens with one attached hydrogen (secondary N) is 1. The quantitative estimate of drug-likeness (QED) is 0.835. The van der Waals surface area contributed by atoms with Gasteiger partial charge in [0.2, 0.25) is 0 Å². The van der Waals surface area contributed by atoms with Crippen LogP contribution in [0.2, 0.25) is 0 Å². The van der Waals surface area contributed by atoms with Crippen molar-refractivity contribution in [1.29, 1.82) is 0 Å². The third-order valence-corrected chi connectivity index (χ3v) is 4.70. The molecule has 0 aliphatic carbocycles. The minimum absolute atomic E-state index is 0.303. The first-order chi connectivity index (χ1) is 8.74. The fraction of sp³-hybridized carbons (Fsp3) is 0.333. The van der Waals surface area contributed by atoms with Crippen LogP contribution in [0.3, 0.4) is 0 Å². The summed E-state index contributed by atoms with van der Waals surface area (Å²) in [7, 11) is 0. The van der Waals surface area contributed by atoms with Gasteiger partial charge in [-0.3, -0.25) is 0 Å². The second-order valence-corrected chi connectivity index (χ2v) is 6.72. The zero-order valence-corrected chi connectivity index (χ0v) is 13.1. The molecule has 0 amide bonds. The molecule has 1 unspecified atom stereocenters. The molecule has 2 rings (SSSR count). The van der Waals surface area contributed by atoms with E-state index in [4.69, 9.17) is 0 Å². The summed E-state index contributed by atoms with van der Waals surface area (Å²) in [6, 6.07) is 13.5. The Morgan fingerprint density at radius 2 is 1.83 bits per heavy atom. The second kappa shape index (κ2) is 6.50. The molecule has 0 saturated carbocycles. The molecule has 0 fully saturated rings. The van der Waals surface area contributed by atoms with Crippen molar-refractivity contribution in [3.05, 3.63) is 56.2 Å². The van der Waals surface area contributed by atoms with Gasteiger partial charge in [-0.1, -0.05) is 38.1 Å². The zero-order valence-electron chi connectivity index (χ0n) is 10.7. The summed E-state index contributed by atoms with van der Waals surface area (Å²) in [4.78, 5) is 1.35. The normalized spacial score (nSPS) is 12.6. The predicted octanol–water partition coefficient (Wildman–Crippen LogP) is 4.77. The molecule has 1 atom stereocenters. The fourth-order valence-corrected chi connectivity index (χ4v) is 3.54. The van der Waals surface area contributed by atoms with E-state index in [0.717, 1.165) is 13.0 Å². The SMILES string of the molecule is CCNC(c1ccc(CC)cc1)c1ccc(Br)s1. The second-order valence-electron chi connectivity index (χ2n) is 4.23. The molecule has 18 heavy (non-hydrogen) atoms. The monoisotopic (exact) mass is 323 g/mol. The van der Waals surface area contributed by atoms with E-state index < -0.39 is 0 Å². The van der Waals surface area contributed by atoms with Crippen LogP contribution in [0.5, 0.6) is 0 Å². The van der Waals surface area contributed by atoms with Crippen LogP contribution in [0.15, 0.2) is 40.2 Å². The van der Waals surface area contributed by atoms with Gasteiger partial charge in [0.05, 0.1) is 9.83 Å². The predicted molar refractivity (Wildman–Crippen MR) is 83.4 cm³/mol. The number of thiophene rings is 1. The number of benzene rings is 1. The standard InChI is InChI=1S/C15H18BrNS/c1-3-11-5-7-12(8-6-11)15(17-4-2)13-9-10-14(16)18-13/h5-10,15,17H,3-4H2,1-2H3. The lowest BCUT2D eigenvalue weighted by Crippen LogP contribution is -2.21. The third kappa shape index (κ3) is 3.22. The molecule has 1 aromatic carbocycles. The topological polar surface area (TPSA) is 12.0 Å². The van der Waals surface area contributed by atoms with Crippen molar-refractivity contribution < 1.29 is 0 Å². The van der Waals surface area contributed by atoms with Crippen LogP contribution < -0.4 is 5.32 Å². The van der Waals surface area contributed by atoms with Crippen molar-refractivity contribution >= 4 is 27.3 Å². The highest BCUT2D eigenvalue weighted by Crippen LogP contribution is 2.31. The Balaban J connectivity index is 2.28. The van der Waals surface area contributed by atoms with Crippen molar-refractivity contribution in [3.8, 4) is 0 Å². The average Bonchev–Trinajstić information content (AvgIpc) is 2.82. The van der Waals surface area contributed by atoms with Crippen molar-refractivity contribution in [2.45, 2.75) is 26.3 Å². The summed E-state index contributed by atoms with van der Waals surface area (Å²) >= 11 is 5.33. The minimum Gasteiger partial charge on any atom is -0.306 e. The smallest absolute Gasteiger partial charge is 0.0702 e. The maximum Gasteiger partial charge on any atom is 0.0702 e. The molecule has 0 saturated heterocycles. The Hall–Kier alpha value is -0.640. The van der Waals surface area contributed by atoms with Crippen molar-refractivity contribution in [3.63, 3.8) is 0 Å². The average molecular weight is 324 g/mol. The minimum atomic E-state index is 0.303. The molecule has 0 spiro atoms. The number of hydrogen-bond acceptors (Lipinski definition) is 2. The van der Waals surface area contributed by atoms with Gasteiger partial charge in [0, 0.05) is 4.88 Å². The maximum atomic E-state index is 3.56. The van der Waals surface area contributed by atoms with Crippen LogP contribution in [-0.4, -0.2) is 6.54 Å². The summed E-state index contributed by atoms with van der Waals surface area (Å²) < 4.78 is 1.19. The Morgan fingerprint density at radius 3 is 2.33 bits per heavy atom. The molecule has 3 heteroatoms. The summed E-state index contributed by atoms with van der Waals surface area (Å²) in [6.45, 7) is 5.30. The van der Waals surface area contributed by atoms with Gasteiger partial charge in [0.1, 0.15) is 0 Å². The highest BCUT2D eigenvalue weighted by Gasteiger charge is 2.14. The van der Waals surface area contributed by atoms with Gasteiger partial charge in [0.15, 0.2) is 0 Å². The van der Waals surface area contributed by atoms with E-state index in [-0.39, 0.29) is 0 Å². The lowest BCUT2D eigenvalue weighted by molar-refractivity contribution is 0.639. The number of halogens is 1. The zero-order chi connectivity index (χ0) is 13.0.